The van der Waals surface area contributed by atoms with E-state index in [1.165, 1.54) is 16.0 Å². The molecule has 6 nitrogen and oxygen atoms in total. The molecular weight excluding hydrogens is 350 g/mol. The smallest absolute Gasteiger partial charge is 0.272 e. The molecule has 1 aliphatic rings. The Morgan fingerprint density at radius 2 is 2.04 bits per heavy atom. The van der Waals surface area contributed by atoms with Crippen molar-refractivity contribution in [2.24, 2.45) is 0 Å². The Labute approximate surface area is 154 Å². The summed E-state index contributed by atoms with van der Waals surface area (Å²) in [5.74, 6) is -0.0759. The molecule has 2 aromatic rings. The zero-order chi connectivity index (χ0) is 18.7. The van der Waals surface area contributed by atoms with Crippen LogP contribution in [0.25, 0.3) is 0 Å². The van der Waals surface area contributed by atoms with Crippen molar-refractivity contribution in [3.63, 3.8) is 0 Å². The summed E-state index contributed by atoms with van der Waals surface area (Å²) in [6.45, 7) is 2.75. The van der Waals surface area contributed by atoms with E-state index in [1.807, 2.05) is 18.2 Å². The number of pyridine rings is 1. The molecule has 0 saturated carbocycles. The minimum Gasteiger partial charge on any atom is -0.380 e. The van der Waals surface area contributed by atoms with Crippen molar-refractivity contribution in [2.75, 3.05) is 23.9 Å². The Bertz CT molecular complexity index is 895. The van der Waals surface area contributed by atoms with E-state index < -0.39 is 9.84 Å². The third kappa shape index (κ3) is 4.22. The molecule has 0 aliphatic carbocycles. The largest absolute Gasteiger partial charge is 0.380 e. The monoisotopic (exact) mass is 373 g/mol. The van der Waals surface area contributed by atoms with Gasteiger partial charge in [-0.3, -0.25) is 4.79 Å². The van der Waals surface area contributed by atoms with Crippen molar-refractivity contribution >= 4 is 21.4 Å². The van der Waals surface area contributed by atoms with Gasteiger partial charge >= 0.3 is 0 Å². The van der Waals surface area contributed by atoms with Crippen LogP contribution < -0.4 is 5.32 Å². The van der Waals surface area contributed by atoms with Gasteiger partial charge in [-0.25, -0.2) is 13.4 Å². The van der Waals surface area contributed by atoms with Crippen molar-refractivity contribution in [1.29, 1.82) is 0 Å². The van der Waals surface area contributed by atoms with Crippen LogP contribution >= 0.6 is 0 Å². The molecule has 1 N–H and O–H groups in total. The summed E-state index contributed by atoms with van der Waals surface area (Å²) in [6, 6.07) is 11.4. The number of benzene rings is 1. The first kappa shape index (κ1) is 18.4. The van der Waals surface area contributed by atoms with Crippen molar-refractivity contribution in [3.05, 3.63) is 59.4 Å². The van der Waals surface area contributed by atoms with Gasteiger partial charge in [0.2, 0.25) is 0 Å². The fourth-order valence-corrected chi connectivity index (χ4v) is 4.83. The number of rotatable bonds is 5. The van der Waals surface area contributed by atoms with Crippen molar-refractivity contribution < 1.29 is 13.2 Å². The lowest BCUT2D eigenvalue weighted by Gasteiger charge is -2.23. The van der Waals surface area contributed by atoms with Gasteiger partial charge in [0.05, 0.1) is 23.4 Å². The maximum Gasteiger partial charge on any atom is 0.272 e. The molecule has 1 atom stereocenters. The number of aromatic nitrogens is 1. The van der Waals surface area contributed by atoms with Crippen LogP contribution in [0.5, 0.6) is 0 Å². The maximum absolute atomic E-state index is 12.5. The van der Waals surface area contributed by atoms with Crippen LogP contribution in [0, 0.1) is 6.92 Å². The zero-order valence-corrected chi connectivity index (χ0v) is 15.8. The van der Waals surface area contributed by atoms with Crippen LogP contribution in [0.2, 0.25) is 0 Å². The SMILES string of the molecule is Cc1ccccc1CNc1ccc(C(=O)N(C)C2CCS(=O)(=O)C2)nc1. The van der Waals surface area contributed by atoms with Gasteiger partial charge in [0, 0.05) is 19.6 Å². The van der Waals surface area contributed by atoms with Crippen molar-refractivity contribution in [1.82, 2.24) is 9.88 Å². The van der Waals surface area contributed by atoms with Crippen molar-refractivity contribution in [2.45, 2.75) is 25.9 Å². The fraction of sp³-hybridized carbons (Fsp3) is 0.368. The van der Waals surface area contributed by atoms with E-state index >= 15 is 0 Å². The molecule has 1 aromatic carbocycles. The Kier molecular flexibility index (Phi) is 5.27. The molecule has 0 bridgehead atoms. The van der Waals surface area contributed by atoms with Gasteiger partial charge in [0.15, 0.2) is 9.84 Å². The number of nitrogens with one attached hydrogen (secondary N) is 1. The number of amides is 1. The molecule has 1 aliphatic heterocycles. The first-order chi connectivity index (χ1) is 12.4. The van der Waals surface area contributed by atoms with E-state index in [4.69, 9.17) is 0 Å². The maximum atomic E-state index is 12.5. The first-order valence-electron chi connectivity index (χ1n) is 8.58. The van der Waals surface area contributed by atoms with Crippen LogP contribution in [0.1, 0.15) is 28.0 Å². The van der Waals surface area contributed by atoms with Crippen LogP contribution in [-0.4, -0.2) is 48.8 Å². The van der Waals surface area contributed by atoms with Crippen LogP contribution in [0.4, 0.5) is 5.69 Å². The van der Waals surface area contributed by atoms with Crippen LogP contribution in [-0.2, 0) is 16.4 Å². The number of anilines is 1. The molecule has 2 heterocycles. The number of aryl methyl sites for hydroxylation is 1. The molecule has 3 rings (SSSR count). The molecule has 1 amide bonds. The first-order valence-corrected chi connectivity index (χ1v) is 10.4. The minimum atomic E-state index is -3.02. The van der Waals surface area contributed by atoms with Gasteiger partial charge in [-0.2, -0.15) is 0 Å². The molecule has 0 spiro atoms. The average Bonchev–Trinajstić information content (AvgIpc) is 3.00. The molecule has 1 unspecified atom stereocenters. The van der Waals surface area contributed by atoms with Crippen LogP contribution in [0.3, 0.4) is 0 Å². The van der Waals surface area contributed by atoms with Crippen LogP contribution in [0.15, 0.2) is 42.6 Å². The highest BCUT2D eigenvalue weighted by molar-refractivity contribution is 7.91. The van der Waals surface area contributed by atoms with E-state index in [0.717, 1.165) is 5.69 Å². The third-order valence-corrected chi connectivity index (χ3v) is 6.55. The van der Waals surface area contributed by atoms with Gasteiger partial charge in [-0.05, 0) is 36.6 Å². The standard InChI is InChI=1S/C19H23N3O3S/c1-14-5-3-4-6-15(14)11-20-16-7-8-18(21-12-16)19(23)22(2)17-9-10-26(24,25)13-17/h3-8,12,17,20H,9-11,13H2,1-2H3. The lowest BCUT2D eigenvalue weighted by atomic mass is 10.1. The molecule has 0 radical (unpaired) electrons. The highest BCUT2D eigenvalue weighted by atomic mass is 32.2. The Balaban J connectivity index is 1.62. The van der Waals surface area contributed by atoms with E-state index in [9.17, 15) is 13.2 Å². The molecular formula is C19H23N3O3S. The summed E-state index contributed by atoms with van der Waals surface area (Å²) in [6.07, 6.45) is 2.12. The molecule has 138 valence electrons. The predicted molar refractivity (Wildman–Crippen MR) is 102 cm³/mol. The number of carbonyl (C=O) groups excluding carboxylic acids is 1. The number of sulfone groups is 1. The Morgan fingerprint density at radius 3 is 2.65 bits per heavy atom. The Hall–Kier alpha value is -2.41. The van der Waals surface area contributed by atoms with E-state index in [0.29, 0.717) is 18.7 Å². The second-order valence-corrected chi connectivity index (χ2v) is 8.91. The predicted octanol–water partition coefficient (Wildman–Crippen LogP) is 2.26. The van der Waals surface area contributed by atoms with Gasteiger partial charge in [0.25, 0.3) is 5.91 Å². The van der Waals surface area contributed by atoms with Gasteiger partial charge < -0.3 is 10.2 Å². The molecule has 1 saturated heterocycles. The van der Waals surface area contributed by atoms with Gasteiger partial charge in [-0.1, -0.05) is 24.3 Å². The molecule has 1 aromatic heterocycles. The number of hydrogen-bond donors (Lipinski definition) is 1. The zero-order valence-electron chi connectivity index (χ0n) is 15.0. The number of carbonyl (C=O) groups is 1. The second-order valence-electron chi connectivity index (χ2n) is 6.69. The van der Waals surface area contributed by atoms with E-state index in [1.54, 1.807) is 19.3 Å². The average molecular weight is 373 g/mol. The number of hydrogen-bond acceptors (Lipinski definition) is 5. The lowest BCUT2D eigenvalue weighted by Crippen LogP contribution is -2.38. The second kappa shape index (κ2) is 7.45. The highest BCUT2D eigenvalue weighted by Crippen LogP contribution is 2.19. The summed E-state index contributed by atoms with van der Waals surface area (Å²) in [7, 11) is -1.39. The normalized spacial score (nSPS) is 18.5. The topological polar surface area (TPSA) is 79.4 Å². The summed E-state index contributed by atoms with van der Waals surface area (Å²) >= 11 is 0. The Morgan fingerprint density at radius 1 is 1.27 bits per heavy atom. The summed E-state index contributed by atoms with van der Waals surface area (Å²) < 4.78 is 23.2. The lowest BCUT2D eigenvalue weighted by molar-refractivity contribution is 0.0742. The minimum absolute atomic E-state index is 0.0330. The quantitative estimate of drug-likeness (QED) is 0.870. The van der Waals surface area contributed by atoms with Gasteiger partial charge in [-0.15, -0.1) is 0 Å². The molecule has 7 heteroatoms. The summed E-state index contributed by atoms with van der Waals surface area (Å²) in [5, 5.41) is 3.30. The number of nitrogens with zero attached hydrogens (tertiary/aromatic N) is 2. The molecule has 1 fully saturated rings. The molecule has 26 heavy (non-hydrogen) atoms. The summed E-state index contributed by atoms with van der Waals surface area (Å²) in [4.78, 5) is 18.3. The van der Waals surface area contributed by atoms with E-state index in [-0.39, 0.29) is 23.5 Å². The van der Waals surface area contributed by atoms with Crippen molar-refractivity contribution in [3.8, 4) is 0 Å². The highest BCUT2D eigenvalue weighted by Gasteiger charge is 2.33. The van der Waals surface area contributed by atoms with E-state index in [2.05, 4.69) is 29.4 Å². The van der Waals surface area contributed by atoms with Gasteiger partial charge in [0.1, 0.15) is 5.69 Å². The third-order valence-electron chi connectivity index (χ3n) is 4.80. The summed E-state index contributed by atoms with van der Waals surface area (Å²) in [5.41, 5.74) is 3.57. The fourth-order valence-electron chi connectivity index (χ4n) is 3.06.